The first-order valence-corrected chi connectivity index (χ1v) is 26.5. The van der Waals surface area contributed by atoms with E-state index in [-0.39, 0.29) is 88.7 Å². The number of carbonyl (C=O) groups is 5. The number of hydrogen-bond acceptors (Lipinski definition) is 18. The quantitative estimate of drug-likeness (QED) is 0.0539. The average Bonchev–Trinajstić information content (AvgIpc) is 3.99. The molecule has 3 saturated heterocycles. The van der Waals surface area contributed by atoms with E-state index in [1.165, 1.54) is 17.6 Å². The lowest BCUT2D eigenvalue weighted by atomic mass is 9.85. The van der Waals surface area contributed by atoms with Gasteiger partial charge in [-0.25, -0.2) is 15.0 Å². The van der Waals surface area contributed by atoms with Gasteiger partial charge in [0.05, 0.1) is 93.2 Å². The number of rotatable bonds is 29. The Morgan fingerprint density at radius 3 is 2.08 bits per heavy atom. The fourth-order valence-corrected chi connectivity index (χ4v) is 9.57. The van der Waals surface area contributed by atoms with Crippen LogP contribution in [0.3, 0.4) is 0 Å². The lowest BCUT2D eigenvalue weighted by Gasteiger charge is -2.39. The lowest BCUT2D eigenvalue weighted by Crippen LogP contribution is -2.58. The highest BCUT2D eigenvalue weighted by atomic mass is 32.1. The number of aromatic nitrogens is 3. The Morgan fingerprint density at radius 1 is 0.824 bits per heavy atom. The zero-order chi connectivity index (χ0) is 53.0. The van der Waals surface area contributed by atoms with Gasteiger partial charge in [0.2, 0.25) is 23.6 Å². The minimum atomic E-state index is -0.985. The number of piperidine rings is 1. The van der Waals surface area contributed by atoms with E-state index in [1.54, 1.807) is 22.3 Å². The number of aliphatic hydroxyl groups excluding tert-OH is 2. The number of benzene rings is 1. The minimum absolute atomic E-state index is 0.0330. The van der Waals surface area contributed by atoms with Crippen LogP contribution in [-0.2, 0) is 42.9 Å². The van der Waals surface area contributed by atoms with Gasteiger partial charge in [-0.3, -0.25) is 24.0 Å². The molecule has 3 aliphatic rings. The Kier molecular flexibility index (Phi) is 22.9. The summed E-state index contributed by atoms with van der Waals surface area (Å²) in [6.07, 6.45) is 3.30. The molecule has 2 aromatic heterocycles. The number of ether oxygens (including phenoxy) is 5. The van der Waals surface area contributed by atoms with Crippen LogP contribution in [0.5, 0.6) is 0 Å². The molecule has 6 rings (SSSR count). The molecule has 0 bridgehead atoms. The summed E-state index contributed by atoms with van der Waals surface area (Å²) < 4.78 is 27.6. The molecule has 0 saturated carbocycles. The smallest absolute Gasteiger partial charge is 0.270 e. The highest BCUT2D eigenvalue weighted by molar-refractivity contribution is 7.13. The van der Waals surface area contributed by atoms with E-state index >= 15 is 0 Å². The van der Waals surface area contributed by atoms with Crippen molar-refractivity contribution in [1.82, 2.24) is 45.6 Å². The predicted molar refractivity (Wildman–Crippen MR) is 275 cm³/mol. The molecule has 1 aromatic carbocycles. The number of carbonyl (C=O) groups excluding carboxylic acids is 5. The van der Waals surface area contributed by atoms with Crippen LogP contribution in [0, 0.1) is 12.3 Å². The second-order valence-electron chi connectivity index (χ2n) is 20.0. The van der Waals surface area contributed by atoms with Gasteiger partial charge < -0.3 is 69.9 Å². The van der Waals surface area contributed by atoms with Gasteiger partial charge in [-0.1, -0.05) is 51.5 Å². The minimum Gasteiger partial charge on any atom is -0.391 e. The Morgan fingerprint density at radius 2 is 1.46 bits per heavy atom. The number of hydrogen-bond donors (Lipinski definition) is 6. The highest BCUT2D eigenvalue weighted by Gasteiger charge is 2.45. The molecular weight excluding hydrogens is 977 g/mol. The van der Waals surface area contributed by atoms with Crippen LogP contribution in [0.15, 0.2) is 42.2 Å². The molecule has 3 aromatic rings. The molecule has 5 atom stereocenters. The molecule has 5 amide bonds. The molecule has 3 fully saturated rings. The fraction of sp³-hybridized carbons (Fsp3) is 0.647. The molecule has 0 aliphatic carbocycles. The monoisotopic (exact) mass is 1050 g/mol. The van der Waals surface area contributed by atoms with Gasteiger partial charge in [-0.05, 0) is 56.3 Å². The summed E-state index contributed by atoms with van der Waals surface area (Å²) in [6, 6.07) is 7.15. The number of aliphatic hydroxyl groups is 2. The summed E-state index contributed by atoms with van der Waals surface area (Å²) >= 11 is 1.57. The van der Waals surface area contributed by atoms with Crippen molar-refractivity contribution in [3.8, 4) is 10.4 Å². The maximum absolute atomic E-state index is 14.0. The van der Waals surface area contributed by atoms with E-state index < -0.39 is 47.4 Å². The van der Waals surface area contributed by atoms with Gasteiger partial charge in [-0.15, -0.1) is 11.3 Å². The van der Waals surface area contributed by atoms with Crippen molar-refractivity contribution in [3.63, 3.8) is 0 Å². The maximum atomic E-state index is 14.0. The Hall–Kier alpha value is -5.24. The maximum Gasteiger partial charge on any atom is 0.270 e. The third-order valence-electron chi connectivity index (χ3n) is 12.9. The number of likely N-dealkylation sites (tertiary alicyclic amines) is 3. The summed E-state index contributed by atoms with van der Waals surface area (Å²) in [5.41, 5.74) is 4.16. The standard InChI is InChI=1S/C51H76N10O12S/c1-34(36-9-11-37(12-10-36)46-35(2)55-33-74-46)56-49(67)42-23-39(62)29-61(42)50(68)47(51(3,4)5)58-44(64)30-72-21-19-70-17-15-69-16-18-71-20-22-73-31-45(65)60-26-38(27-60)57-43-24-41(53-32-54-43)48(66)52-25-40(63)28-59-13-7-6-8-14-59/h9-12,24,32-34,38-40,42,47,62-63H,6-8,13-23,25-31H2,1-5H3,(H,52,66)(H,56,67)(H,58,64)(H,53,54,57)/t34-,39+,40-,42-,47+/m0/s1. The van der Waals surface area contributed by atoms with Crippen LogP contribution in [-0.4, -0.2) is 212 Å². The van der Waals surface area contributed by atoms with Crippen molar-refractivity contribution in [2.45, 2.75) is 96.7 Å². The first-order valence-electron chi connectivity index (χ1n) is 25.6. The summed E-state index contributed by atoms with van der Waals surface area (Å²) in [5, 5.41) is 32.7. The van der Waals surface area contributed by atoms with Crippen molar-refractivity contribution >= 4 is 46.7 Å². The molecule has 74 heavy (non-hydrogen) atoms. The number of β-amino-alcohol motifs (C(OH)–C–C–N with tert-alkyl or cyclic N) is 2. The van der Waals surface area contributed by atoms with Gasteiger partial charge in [-0.2, -0.15) is 0 Å². The van der Waals surface area contributed by atoms with Crippen LogP contribution in [0.2, 0.25) is 0 Å². The predicted octanol–water partition coefficient (Wildman–Crippen LogP) is 1.56. The number of thiazole rings is 1. The van der Waals surface area contributed by atoms with Crippen molar-refractivity contribution in [3.05, 3.63) is 59.1 Å². The summed E-state index contributed by atoms with van der Waals surface area (Å²) in [4.78, 5) is 84.7. The Balaban J connectivity index is 0.752. The highest BCUT2D eigenvalue weighted by Crippen LogP contribution is 2.30. The van der Waals surface area contributed by atoms with Gasteiger partial charge in [0, 0.05) is 45.2 Å². The number of anilines is 1. The molecule has 22 nitrogen and oxygen atoms in total. The number of nitrogens with one attached hydrogen (secondary N) is 4. The number of nitrogens with zero attached hydrogens (tertiary/aromatic N) is 6. The molecule has 408 valence electrons. The molecule has 0 spiro atoms. The van der Waals surface area contributed by atoms with E-state index in [0.717, 1.165) is 47.6 Å². The molecule has 3 aliphatic heterocycles. The van der Waals surface area contributed by atoms with Gasteiger partial charge in [0.15, 0.2) is 0 Å². The van der Waals surface area contributed by atoms with Crippen LogP contribution >= 0.6 is 11.3 Å². The Bertz CT molecular complexity index is 2260. The van der Waals surface area contributed by atoms with Gasteiger partial charge in [0.25, 0.3) is 5.91 Å². The molecular formula is C51H76N10O12S. The first kappa shape index (κ1) is 58.0. The molecule has 5 heterocycles. The van der Waals surface area contributed by atoms with E-state index in [2.05, 4.69) is 41.1 Å². The number of aryl methyl sites for hydroxylation is 1. The summed E-state index contributed by atoms with van der Waals surface area (Å²) in [6.45, 7) is 14.5. The van der Waals surface area contributed by atoms with Crippen molar-refractivity contribution in [1.29, 1.82) is 0 Å². The molecule has 23 heteroatoms. The zero-order valence-corrected chi connectivity index (χ0v) is 44.2. The second-order valence-corrected chi connectivity index (χ2v) is 20.8. The fourth-order valence-electron chi connectivity index (χ4n) is 8.76. The van der Waals surface area contributed by atoms with Crippen molar-refractivity contribution < 1.29 is 57.9 Å². The van der Waals surface area contributed by atoms with Crippen molar-refractivity contribution in [2.75, 3.05) is 117 Å². The first-order chi connectivity index (χ1) is 35.5. The topological polar surface area (TPSA) is 268 Å². The molecule has 0 unspecified atom stereocenters. The average molecular weight is 1050 g/mol. The van der Waals surface area contributed by atoms with E-state index in [9.17, 15) is 34.2 Å². The molecule has 0 radical (unpaired) electrons. The summed E-state index contributed by atoms with van der Waals surface area (Å²) in [5.74, 6) is -1.41. The largest absolute Gasteiger partial charge is 0.391 e. The number of amides is 5. The van der Waals surface area contributed by atoms with Gasteiger partial charge >= 0.3 is 0 Å². The Labute approximate surface area is 437 Å². The van der Waals surface area contributed by atoms with Crippen LogP contribution in [0.25, 0.3) is 10.4 Å². The normalized spacial score (nSPS) is 18.6. The third-order valence-corrected chi connectivity index (χ3v) is 13.9. The zero-order valence-electron chi connectivity index (χ0n) is 43.4. The van der Waals surface area contributed by atoms with Crippen LogP contribution < -0.4 is 21.3 Å². The van der Waals surface area contributed by atoms with Crippen molar-refractivity contribution in [2.24, 2.45) is 5.41 Å². The van der Waals surface area contributed by atoms with Crippen LogP contribution in [0.1, 0.15) is 81.2 Å². The van der Waals surface area contributed by atoms with E-state index in [1.807, 2.05) is 64.4 Å². The van der Waals surface area contributed by atoms with E-state index in [4.69, 9.17) is 23.7 Å². The van der Waals surface area contributed by atoms with E-state index in [0.29, 0.717) is 51.9 Å². The second kappa shape index (κ2) is 29.2. The molecule has 6 N–H and O–H groups in total. The van der Waals surface area contributed by atoms with Gasteiger partial charge in [0.1, 0.15) is 43.1 Å². The third kappa shape index (κ3) is 18.3. The summed E-state index contributed by atoms with van der Waals surface area (Å²) in [7, 11) is 0. The lowest BCUT2D eigenvalue weighted by molar-refractivity contribution is -0.144. The van der Waals surface area contributed by atoms with Crippen LogP contribution in [0.4, 0.5) is 5.82 Å². The SMILES string of the molecule is Cc1ncsc1-c1ccc([C@H](C)NC(=O)[C@@H]2C[C@@H](O)CN2C(=O)[C@@H](NC(=O)COCCOCCOCCOCCOCC(=O)N2CC(Nc3cc(C(=O)NC[C@H](O)CN4CCCCC4)ncn3)C2)C(C)(C)C)cc1.